The van der Waals surface area contributed by atoms with Crippen molar-refractivity contribution >= 4 is 23.7 Å². The van der Waals surface area contributed by atoms with E-state index in [1.165, 1.54) is 12.1 Å². The van der Waals surface area contributed by atoms with Crippen molar-refractivity contribution in [3.05, 3.63) is 65.7 Å². The topological polar surface area (TPSA) is 72.2 Å². The molecule has 0 saturated carbocycles. The molecule has 0 fully saturated rings. The third-order valence-corrected chi connectivity index (χ3v) is 4.25. The predicted octanol–water partition coefficient (Wildman–Crippen LogP) is 3.73. The molecule has 0 unspecified atom stereocenters. The van der Waals surface area contributed by atoms with E-state index >= 15 is 0 Å². The number of halogens is 3. The molecule has 2 aromatic rings. The number of primary amides is 1. The number of thioether (sulfide) groups is 1. The van der Waals surface area contributed by atoms with Gasteiger partial charge in [-0.3, -0.25) is 10.1 Å². The first-order valence-corrected chi connectivity index (χ1v) is 7.64. The van der Waals surface area contributed by atoms with Crippen molar-refractivity contribution in [3.63, 3.8) is 0 Å². The molecule has 126 valence electrons. The van der Waals surface area contributed by atoms with E-state index in [1.54, 1.807) is 30.3 Å². The van der Waals surface area contributed by atoms with Gasteiger partial charge in [0.25, 0.3) is 0 Å². The summed E-state index contributed by atoms with van der Waals surface area (Å²) in [5, 5.41) is 1.05. The lowest BCUT2D eigenvalue weighted by Crippen LogP contribution is -2.37. The lowest BCUT2D eigenvalue weighted by Gasteiger charge is -2.16. The van der Waals surface area contributed by atoms with Crippen molar-refractivity contribution in [3.8, 4) is 0 Å². The molecule has 0 aliphatic heterocycles. The first-order valence-electron chi connectivity index (χ1n) is 6.76. The SMILES string of the molecule is NC(=O)NC(=O)[C@@H](Sc1cccc(C(F)(F)F)c1)c1ccccc1. The van der Waals surface area contributed by atoms with Crippen molar-refractivity contribution in [2.24, 2.45) is 5.73 Å². The van der Waals surface area contributed by atoms with Crippen LogP contribution in [-0.4, -0.2) is 11.9 Å². The number of hydrogen-bond donors (Lipinski definition) is 2. The first-order chi connectivity index (χ1) is 11.3. The molecule has 3 N–H and O–H groups in total. The van der Waals surface area contributed by atoms with E-state index < -0.39 is 28.9 Å². The Kier molecular flexibility index (Phi) is 5.50. The van der Waals surface area contributed by atoms with Crippen LogP contribution in [0.15, 0.2) is 59.5 Å². The smallest absolute Gasteiger partial charge is 0.351 e. The van der Waals surface area contributed by atoms with E-state index in [1.807, 2.05) is 5.32 Å². The molecule has 24 heavy (non-hydrogen) atoms. The molecule has 2 rings (SSSR count). The van der Waals surface area contributed by atoms with Gasteiger partial charge in [0, 0.05) is 4.90 Å². The van der Waals surface area contributed by atoms with E-state index in [2.05, 4.69) is 0 Å². The molecule has 0 aliphatic rings. The van der Waals surface area contributed by atoms with Crippen LogP contribution in [0, 0.1) is 0 Å². The van der Waals surface area contributed by atoms with Gasteiger partial charge in [-0.15, -0.1) is 11.8 Å². The summed E-state index contributed by atoms with van der Waals surface area (Å²) in [5.74, 6) is -0.698. The Hall–Kier alpha value is -2.48. The number of nitrogens with one attached hydrogen (secondary N) is 1. The number of urea groups is 1. The highest BCUT2D eigenvalue weighted by Gasteiger charge is 2.31. The minimum Gasteiger partial charge on any atom is -0.351 e. The highest BCUT2D eigenvalue weighted by atomic mass is 32.2. The van der Waals surface area contributed by atoms with Crippen LogP contribution in [0.1, 0.15) is 16.4 Å². The standard InChI is InChI=1S/C16H13F3N2O2S/c17-16(18,19)11-7-4-8-12(9-11)24-13(14(22)21-15(20)23)10-5-2-1-3-6-10/h1-9,13H,(H3,20,21,22,23)/t13-/m0/s1. The van der Waals surface area contributed by atoms with Gasteiger partial charge in [0.2, 0.25) is 5.91 Å². The fourth-order valence-corrected chi connectivity index (χ4v) is 3.05. The van der Waals surface area contributed by atoms with Crippen LogP contribution in [0.5, 0.6) is 0 Å². The molecule has 0 aliphatic carbocycles. The Morgan fingerprint density at radius 3 is 2.29 bits per heavy atom. The van der Waals surface area contributed by atoms with Gasteiger partial charge in [-0.25, -0.2) is 4.79 Å². The summed E-state index contributed by atoms with van der Waals surface area (Å²) in [6.07, 6.45) is -4.48. The molecule has 8 heteroatoms. The number of amides is 3. The van der Waals surface area contributed by atoms with Gasteiger partial charge in [-0.2, -0.15) is 13.2 Å². The predicted molar refractivity (Wildman–Crippen MR) is 84.2 cm³/mol. The molecule has 1 atom stereocenters. The number of imide groups is 1. The molecule has 0 radical (unpaired) electrons. The fourth-order valence-electron chi connectivity index (χ4n) is 1.97. The molecule has 2 aromatic carbocycles. The summed E-state index contributed by atoms with van der Waals surface area (Å²) in [6.45, 7) is 0. The highest BCUT2D eigenvalue weighted by Crippen LogP contribution is 2.38. The van der Waals surface area contributed by atoms with Crippen LogP contribution in [0.25, 0.3) is 0 Å². The fraction of sp³-hybridized carbons (Fsp3) is 0.125. The number of carbonyl (C=O) groups is 2. The maximum atomic E-state index is 12.8. The minimum absolute atomic E-state index is 0.248. The van der Waals surface area contributed by atoms with Gasteiger partial charge >= 0.3 is 12.2 Å². The highest BCUT2D eigenvalue weighted by molar-refractivity contribution is 8.00. The molecule has 0 aromatic heterocycles. The molecule has 4 nitrogen and oxygen atoms in total. The van der Waals surface area contributed by atoms with Crippen molar-refractivity contribution in [2.75, 3.05) is 0 Å². The summed E-state index contributed by atoms with van der Waals surface area (Å²) in [5.41, 5.74) is 4.68. The monoisotopic (exact) mass is 354 g/mol. The molecule has 0 bridgehead atoms. The van der Waals surface area contributed by atoms with Crippen molar-refractivity contribution < 1.29 is 22.8 Å². The maximum Gasteiger partial charge on any atom is 0.416 e. The van der Waals surface area contributed by atoms with Crippen LogP contribution in [0.4, 0.5) is 18.0 Å². The molecular weight excluding hydrogens is 341 g/mol. The molecule has 0 heterocycles. The van der Waals surface area contributed by atoms with Gasteiger partial charge in [0.05, 0.1) is 5.56 Å². The van der Waals surface area contributed by atoms with Crippen molar-refractivity contribution in [1.29, 1.82) is 0 Å². The minimum atomic E-state index is -4.48. The van der Waals surface area contributed by atoms with Gasteiger partial charge in [0.1, 0.15) is 5.25 Å². The van der Waals surface area contributed by atoms with Crippen molar-refractivity contribution in [2.45, 2.75) is 16.3 Å². The second-order valence-electron chi connectivity index (χ2n) is 4.79. The number of alkyl halides is 3. The third kappa shape index (κ3) is 4.76. The summed E-state index contributed by atoms with van der Waals surface area (Å²) in [7, 11) is 0. The molecule has 0 saturated heterocycles. The summed E-state index contributed by atoms with van der Waals surface area (Å²) in [6, 6.07) is 12.0. The lowest BCUT2D eigenvalue weighted by atomic mass is 10.1. The average Bonchev–Trinajstić information content (AvgIpc) is 2.52. The van der Waals surface area contributed by atoms with Crippen LogP contribution >= 0.6 is 11.8 Å². The zero-order valence-corrected chi connectivity index (χ0v) is 13.0. The Balaban J connectivity index is 2.32. The number of hydrogen-bond acceptors (Lipinski definition) is 3. The van der Waals surface area contributed by atoms with Crippen LogP contribution in [0.3, 0.4) is 0 Å². The van der Waals surface area contributed by atoms with E-state index in [-0.39, 0.29) is 4.90 Å². The Labute approximate surface area is 140 Å². The molecule has 3 amide bonds. The zero-order chi connectivity index (χ0) is 17.7. The normalized spacial score (nSPS) is 12.5. The number of benzene rings is 2. The van der Waals surface area contributed by atoms with E-state index in [0.29, 0.717) is 5.56 Å². The Morgan fingerprint density at radius 2 is 1.71 bits per heavy atom. The van der Waals surface area contributed by atoms with Gasteiger partial charge in [-0.05, 0) is 23.8 Å². The van der Waals surface area contributed by atoms with E-state index in [9.17, 15) is 22.8 Å². The number of rotatable bonds is 4. The molecule has 0 spiro atoms. The maximum absolute atomic E-state index is 12.8. The quantitative estimate of drug-likeness (QED) is 0.822. The lowest BCUT2D eigenvalue weighted by molar-refractivity contribution is -0.137. The summed E-state index contributed by atoms with van der Waals surface area (Å²) < 4.78 is 38.4. The Morgan fingerprint density at radius 1 is 1.04 bits per heavy atom. The van der Waals surface area contributed by atoms with E-state index in [0.717, 1.165) is 23.9 Å². The van der Waals surface area contributed by atoms with Crippen LogP contribution in [0.2, 0.25) is 0 Å². The van der Waals surface area contributed by atoms with Crippen molar-refractivity contribution in [1.82, 2.24) is 5.32 Å². The van der Waals surface area contributed by atoms with Gasteiger partial charge < -0.3 is 5.73 Å². The summed E-state index contributed by atoms with van der Waals surface area (Å²) in [4.78, 5) is 23.3. The number of carbonyl (C=O) groups excluding carboxylic acids is 2. The number of nitrogens with two attached hydrogens (primary N) is 1. The Bertz CT molecular complexity index is 736. The average molecular weight is 354 g/mol. The second kappa shape index (κ2) is 7.39. The summed E-state index contributed by atoms with van der Waals surface area (Å²) >= 11 is 0.902. The second-order valence-corrected chi connectivity index (χ2v) is 5.97. The first kappa shape index (κ1) is 17.9. The third-order valence-electron chi connectivity index (χ3n) is 3.00. The zero-order valence-electron chi connectivity index (χ0n) is 12.2. The van der Waals surface area contributed by atoms with Crippen LogP contribution < -0.4 is 11.1 Å². The largest absolute Gasteiger partial charge is 0.416 e. The molecular formula is C16H13F3N2O2S. The van der Waals surface area contributed by atoms with E-state index in [4.69, 9.17) is 5.73 Å². The van der Waals surface area contributed by atoms with Gasteiger partial charge in [-0.1, -0.05) is 36.4 Å². The van der Waals surface area contributed by atoms with Gasteiger partial charge in [0.15, 0.2) is 0 Å². The van der Waals surface area contributed by atoms with Crippen LogP contribution in [-0.2, 0) is 11.0 Å².